The molecule has 1 fully saturated rings. The third-order valence-electron chi connectivity index (χ3n) is 5.73. The van der Waals surface area contributed by atoms with Gasteiger partial charge < -0.3 is 15.4 Å². The van der Waals surface area contributed by atoms with Crippen LogP contribution in [0.2, 0.25) is 0 Å². The third-order valence-corrected chi connectivity index (χ3v) is 7.16. The number of hydrogen-bond acceptors (Lipinski definition) is 4. The molecular weight excluding hydrogens is 376 g/mol. The Balaban J connectivity index is 1.75. The zero-order valence-electron chi connectivity index (χ0n) is 16.6. The number of aryl methyl sites for hydroxylation is 1. The Kier molecular flexibility index (Phi) is 7.53. The predicted octanol–water partition coefficient (Wildman–Crippen LogP) is 5.45. The Morgan fingerprint density at radius 1 is 1.15 bits per heavy atom. The van der Waals surface area contributed by atoms with Gasteiger partial charge in [-0.1, -0.05) is 19.8 Å². The van der Waals surface area contributed by atoms with E-state index in [-0.39, 0.29) is 5.97 Å². The molecule has 0 spiro atoms. The second-order valence-corrected chi connectivity index (χ2v) is 9.41. The largest absolute Gasteiger partial charge is 0.462 e. The van der Waals surface area contributed by atoms with E-state index in [4.69, 9.17) is 17.0 Å². The molecule has 4 nitrogen and oxygen atoms in total. The Morgan fingerprint density at radius 3 is 2.56 bits per heavy atom. The SMILES string of the molecule is CCOC(=O)c1c(NC(=S)NC2CCC(C)CC2)sc2c1CCCCCC2. The van der Waals surface area contributed by atoms with Gasteiger partial charge in [0.05, 0.1) is 12.2 Å². The van der Waals surface area contributed by atoms with Gasteiger partial charge in [0.1, 0.15) is 5.00 Å². The van der Waals surface area contributed by atoms with E-state index in [0.717, 1.165) is 48.6 Å². The van der Waals surface area contributed by atoms with Crippen LogP contribution in [0.5, 0.6) is 0 Å². The summed E-state index contributed by atoms with van der Waals surface area (Å²) in [5, 5.41) is 8.31. The summed E-state index contributed by atoms with van der Waals surface area (Å²) in [6.45, 7) is 4.57. The summed E-state index contributed by atoms with van der Waals surface area (Å²) in [6.07, 6.45) is 11.7. The maximum Gasteiger partial charge on any atom is 0.341 e. The van der Waals surface area contributed by atoms with Crippen LogP contribution < -0.4 is 10.6 Å². The molecule has 1 heterocycles. The Hall–Kier alpha value is -1.14. The molecule has 0 saturated heterocycles. The van der Waals surface area contributed by atoms with Crippen molar-refractivity contribution >= 4 is 39.6 Å². The zero-order valence-corrected chi connectivity index (χ0v) is 18.2. The summed E-state index contributed by atoms with van der Waals surface area (Å²) in [4.78, 5) is 14.0. The van der Waals surface area contributed by atoms with Gasteiger partial charge in [-0.15, -0.1) is 11.3 Å². The van der Waals surface area contributed by atoms with Crippen molar-refractivity contribution in [1.82, 2.24) is 5.32 Å². The molecule has 0 bridgehead atoms. The number of anilines is 1. The first-order chi connectivity index (χ1) is 13.1. The minimum Gasteiger partial charge on any atom is -0.462 e. The third kappa shape index (κ3) is 5.44. The fourth-order valence-corrected chi connectivity index (χ4v) is 5.77. The summed E-state index contributed by atoms with van der Waals surface area (Å²) < 4.78 is 5.37. The Morgan fingerprint density at radius 2 is 1.85 bits per heavy atom. The van der Waals surface area contributed by atoms with E-state index in [1.54, 1.807) is 11.3 Å². The van der Waals surface area contributed by atoms with E-state index in [9.17, 15) is 4.79 Å². The number of carbonyl (C=O) groups excluding carboxylic acids is 1. The van der Waals surface area contributed by atoms with E-state index in [1.165, 1.54) is 42.5 Å². The monoisotopic (exact) mass is 408 g/mol. The first kappa shape index (κ1) is 20.6. The highest BCUT2D eigenvalue weighted by atomic mass is 32.1. The highest BCUT2D eigenvalue weighted by Crippen LogP contribution is 2.37. The molecule has 2 N–H and O–H groups in total. The van der Waals surface area contributed by atoms with Crippen LogP contribution in [0.15, 0.2) is 0 Å². The zero-order chi connectivity index (χ0) is 19.2. The number of hydrogen-bond donors (Lipinski definition) is 2. The number of thiocarbonyl (C=S) groups is 1. The van der Waals surface area contributed by atoms with Gasteiger partial charge in [-0.2, -0.15) is 0 Å². The number of esters is 1. The molecule has 1 aromatic rings. The van der Waals surface area contributed by atoms with Crippen molar-refractivity contribution in [3.63, 3.8) is 0 Å². The molecule has 0 atom stereocenters. The van der Waals surface area contributed by atoms with Crippen molar-refractivity contribution in [3.05, 3.63) is 16.0 Å². The highest BCUT2D eigenvalue weighted by molar-refractivity contribution is 7.80. The standard InChI is InChI=1S/C21H32N2O2S2/c1-3-25-20(24)18-16-8-6-4-5-7-9-17(16)27-19(18)23-21(26)22-15-12-10-14(2)11-13-15/h14-15H,3-13H2,1-2H3,(H2,22,23,26). The van der Waals surface area contributed by atoms with Gasteiger partial charge in [0.2, 0.25) is 0 Å². The molecule has 150 valence electrons. The van der Waals surface area contributed by atoms with E-state index in [0.29, 0.717) is 17.8 Å². The van der Waals surface area contributed by atoms with Gasteiger partial charge in [0, 0.05) is 10.9 Å². The second kappa shape index (κ2) is 9.87. The fourth-order valence-electron chi connectivity index (χ4n) is 4.16. The molecule has 3 rings (SSSR count). The van der Waals surface area contributed by atoms with Crippen LogP contribution in [0, 0.1) is 5.92 Å². The quantitative estimate of drug-likeness (QED) is 0.512. The van der Waals surface area contributed by atoms with E-state index in [2.05, 4.69) is 17.6 Å². The molecule has 6 heteroatoms. The lowest BCUT2D eigenvalue weighted by atomic mass is 9.87. The van der Waals surface area contributed by atoms with Crippen LogP contribution in [-0.2, 0) is 17.6 Å². The topological polar surface area (TPSA) is 50.4 Å². The van der Waals surface area contributed by atoms with E-state index in [1.807, 2.05) is 6.92 Å². The molecular formula is C21H32N2O2S2. The molecule has 0 amide bonds. The maximum absolute atomic E-state index is 12.7. The molecule has 0 radical (unpaired) electrons. The van der Waals surface area contributed by atoms with Gasteiger partial charge in [-0.05, 0) is 82.0 Å². The molecule has 1 saturated carbocycles. The molecule has 0 unspecified atom stereocenters. The van der Waals surface area contributed by atoms with Crippen LogP contribution in [-0.4, -0.2) is 23.7 Å². The van der Waals surface area contributed by atoms with Gasteiger partial charge in [0.25, 0.3) is 0 Å². The number of ether oxygens (including phenoxy) is 1. The Bertz CT molecular complexity index is 663. The van der Waals surface area contributed by atoms with Gasteiger partial charge in [-0.25, -0.2) is 4.79 Å². The lowest BCUT2D eigenvalue weighted by Crippen LogP contribution is -2.39. The molecule has 27 heavy (non-hydrogen) atoms. The van der Waals surface area contributed by atoms with Gasteiger partial charge in [0.15, 0.2) is 5.11 Å². The summed E-state index contributed by atoms with van der Waals surface area (Å²) in [5.41, 5.74) is 1.91. The van der Waals surface area contributed by atoms with Crippen molar-refractivity contribution in [2.24, 2.45) is 5.92 Å². The summed E-state index contributed by atoms with van der Waals surface area (Å²) in [5.74, 6) is 0.601. The van der Waals surface area contributed by atoms with Crippen LogP contribution >= 0.6 is 23.6 Å². The minimum absolute atomic E-state index is 0.215. The summed E-state index contributed by atoms with van der Waals surface area (Å²) >= 11 is 7.27. The van der Waals surface area contributed by atoms with Crippen molar-refractivity contribution in [2.75, 3.05) is 11.9 Å². The first-order valence-electron chi connectivity index (χ1n) is 10.5. The van der Waals surface area contributed by atoms with Crippen molar-refractivity contribution in [3.8, 4) is 0 Å². The molecule has 1 aromatic heterocycles. The van der Waals surface area contributed by atoms with Crippen molar-refractivity contribution < 1.29 is 9.53 Å². The average molecular weight is 409 g/mol. The number of thiophene rings is 1. The van der Waals surface area contributed by atoms with Crippen LogP contribution in [0.25, 0.3) is 0 Å². The lowest BCUT2D eigenvalue weighted by molar-refractivity contribution is 0.0526. The number of carbonyl (C=O) groups is 1. The summed E-state index contributed by atoms with van der Waals surface area (Å²) in [7, 11) is 0. The number of nitrogens with one attached hydrogen (secondary N) is 2. The van der Waals surface area contributed by atoms with Crippen molar-refractivity contribution in [2.45, 2.75) is 84.1 Å². The average Bonchev–Trinajstić information content (AvgIpc) is 2.93. The maximum atomic E-state index is 12.7. The van der Waals surface area contributed by atoms with Crippen molar-refractivity contribution in [1.29, 1.82) is 0 Å². The lowest BCUT2D eigenvalue weighted by Gasteiger charge is -2.28. The van der Waals surface area contributed by atoms with Gasteiger partial charge in [-0.3, -0.25) is 0 Å². The van der Waals surface area contributed by atoms with E-state index >= 15 is 0 Å². The van der Waals surface area contributed by atoms with Crippen LogP contribution in [0.4, 0.5) is 5.00 Å². The Labute approximate surface area is 172 Å². The minimum atomic E-state index is -0.215. The predicted molar refractivity (Wildman–Crippen MR) is 117 cm³/mol. The highest BCUT2D eigenvalue weighted by Gasteiger charge is 2.26. The normalized spacial score (nSPS) is 22.9. The molecule has 2 aliphatic rings. The number of fused-ring (bicyclic) bond motifs is 1. The second-order valence-electron chi connectivity index (χ2n) is 7.90. The summed E-state index contributed by atoms with van der Waals surface area (Å²) in [6, 6.07) is 0.438. The molecule has 0 aromatic carbocycles. The molecule has 0 aliphatic heterocycles. The molecule has 2 aliphatic carbocycles. The smallest absolute Gasteiger partial charge is 0.341 e. The van der Waals surface area contributed by atoms with Crippen LogP contribution in [0.3, 0.4) is 0 Å². The van der Waals surface area contributed by atoms with Crippen LogP contribution in [0.1, 0.15) is 86.0 Å². The first-order valence-corrected chi connectivity index (χ1v) is 11.7. The number of rotatable bonds is 4. The van der Waals surface area contributed by atoms with Gasteiger partial charge >= 0.3 is 5.97 Å². The van der Waals surface area contributed by atoms with E-state index < -0.39 is 0 Å². The fraction of sp³-hybridized carbons (Fsp3) is 0.714.